The molecule has 0 aliphatic carbocycles. The number of nitrogens with one attached hydrogen (secondary N) is 1. The van der Waals surface area contributed by atoms with Gasteiger partial charge in [0.25, 0.3) is 5.91 Å². The van der Waals surface area contributed by atoms with Crippen LogP contribution in [0.5, 0.6) is 0 Å². The quantitative estimate of drug-likeness (QED) is 0.633. The molecule has 1 aromatic carbocycles. The maximum Gasteiger partial charge on any atom is 0.434 e. The predicted molar refractivity (Wildman–Crippen MR) is 115 cm³/mol. The molecule has 2 aromatic heterocycles. The number of benzene rings is 1. The van der Waals surface area contributed by atoms with Crippen LogP contribution in [0, 0.1) is 0 Å². The summed E-state index contributed by atoms with van der Waals surface area (Å²) in [6.45, 7) is 3.48. The molecular formula is C21H20ClF3N6O. The molecule has 1 N–H and O–H groups in total. The molecule has 1 saturated heterocycles. The second-order valence-electron chi connectivity index (χ2n) is 7.45. The zero-order valence-corrected chi connectivity index (χ0v) is 17.9. The average molecular weight is 465 g/mol. The number of likely N-dealkylation sites (N-methyl/N-ethyl adjacent to an activating group) is 1. The molecule has 168 valence electrons. The Labute approximate surface area is 187 Å². The van der Waals surface area contributed by atoms with E-state index in [0.29, 0.717) is 4.68 Å². The fourth-order valence-electron chi connectivity index (χ4n) is 3.47. The molecule has 11 heteroatoms. The highest BCUT2D eigenvalue weighted by molar-refractivity contribution is 6.30. The lowest BCUT2D eigenvalue weighted by atomic mass is 10.2. The summed E-state index contributed by atoms with van der Waals surface area (Å²) < 4.78 is 42.1. The zero-order chi connectivity index (χ0) is 22.9. The number of hydrogen-bond acceptors (Lipinski definition) is 5. The van der Waals surface area contributed by atoms with Crippen LogP contribution in [0.1, 0.15) is 16.1 Å². The number of anilines is 2. The molecule has 0 radical (unpaired) electrons. The number of rotatable bonds is 4. The average Bonchev–Trinajstić information content (AvgIpc) is 3.21. The first-order valence-electron chi connectivity index (χ1n) is 9.84. The first kappa shape index (κ1) is 22.1. The van der Waals surface area contributed by atoms with E-state index in [2.05, 4.69) is 25.2 Å². The van der Waals surface area contributed by atoms with Gasteiger partial charge in [-0.3, -0.25) is 4.79 Å². The van der Waals surface area contributed by atoms with Crippen molar-refractivity contribution in [2.45, 2.75) is 6.18 Å². The number of carbonyl (C=O) groups excluding carboxylic acids is 1. The third-order valence-electron chi connectivity index (χ3n) is 5.17. The lowest BCUT2D eigenvalue weighted by Crippen LogP contribution is -2.44. The van der Waals surface area contributed by atoms with Crippen LogP contribution < -0.4 is 10.2 Å². The summed E-state index contributed by atoms with van der Waals surface area (Å²) in [5.41, 5.74) is -1.39. The number of halogens is 4. The van der Waals surface area contributed by atoms with E-state index in [9.17, 15) is 18.0 Å². The largest absolute Gasteiger partial charge is 0.434 e. The molecular weight excluding hydrogens is 445 g/mol. The molecule has 0 unspecified atom stereocenters. The minimum absolute atomic E-state index is 0.0991. The Morgan fingerprint density at radius 1 is 1.09 bits per heavy atom. The van der Waals surface area contributed by atoms with Gasteiger partial charge in [0, 0.05) is 31.2 Å². The van der Waals surface area contributed by atoms with Gasteiger partial charge in [-0.1, -0.05) is 17.7 Å². The van der Waals surface area contributed by atoms with Crippen LogP contribution in [0.15, 0.2) is 48.8 Å². The van der Waals surface area contributed by atoms with Crippen molar-refractivity contribution in [1.82, 2.24) is 19.7 Å². The smallest absolute Gasteiger partial charge is 0.354 e. The Kier molecular flexibility index (Phi) is 6.07. The maximum atomic E-state index is 13.8. The van der Waals surface area contributed by atoms with E-state index in [-0.39, 0.29) is 16.4 Å². The first-order chi connectivity index (χ1) is 15.2. The molecule has 0 bridgehead atoms. The van der Waals surface area contributed by atoms with Crippen molar-refractivity contribution in [2.75, 3.05) is 43.4 Å². The molecule has 32 heavy (non-hydrogen) atoms. The molecule has 1 amide bonds. The number of aromatic nitrogens is 3. The SMILES string of the molecule is CN1CCN(c2ccc(NC(=O)c3cnn(-c4cccc(Cl)c4)c3C(F)(F)F)cn2)CC1. The fraction of sp³-hybridized carbons (Fsp3) is 0.286. The van der Waals surface area contributed by atoms with Gasteiger partial charge in [-0.15, -0.1) is 0 Å². The van der Waals surface area contributed by atoms with Gasteiger partial charge in [0.05, 0.1) is 29.3 Å². The molecule has 3 heterocycles. The van der Waals surface area contributed by atoms with Crippen LogP contribution >= 0.6 is 11.6 Å². The topological polar surface area (TPSA) is 66.3 Å². The summed E-state index contributed by atoms with van der Waals surface area (Å²) in [5.74, 6) is -0.180. The van der Waals surface area contributed by atoms with E-state index in [4.69, 9.17) is 11.6 Å². The Morgan fingerprint density at radius 2 is 1.84 bits per heavy atom. The van der Waals surface area contributed by atoms with Crippen molar-refractivity contribution in [3.8, 4) is 5.69 Å². The van der Waals surface area contributed by atoms with Gasteiger partial charge in [0.1, 0.15) is 5.82 Å². The van der Waals surface area contributed by atoms with E-state index >= 15 is 0 Å². The van der Waals surface area contributed by atoms with Crippen LogP contribution in [-0.4, -0.2) is 58.8 Å². The number of nitrogens with zero attached hydrogens (tertiary/aromatic N) is 5. The number of piperazine rings is 1. The summed E-state index contributed by atoms with van der Waals surface area (Å²) in [7, 11) is 2.05. The summed E-state index contributed by atoms with van der Waals surface area (Å²) in [6.07, 6.45) is -2.49. The molecule has 1 aliphatic rings. The third kappa shape index (κ3) is 4.71. The molecule has 0 saturated carbocycles. The van der Waals surface area contributed by atoms with Gasteiger partial charge in [0.15, 0.2) is 5.69 Å². The van der Waals surface area contributed by atoms with E-state index in [0.717, 1.165) is 38.2 Å². The molecule has 0 atom stereocenters. The standard InChI is InChI=1S/C21H20ClF3N6O/c1-29-7-9-30(10-8-29)18-6-5-15(12-26-18)28-20(32)17-13-27-31(19(17)21(23,24)25)16-4-2-3-14(22)11-16/h2-6,11-13H,7-10H2,1H3,(H,28,32). The van der Waals surface area contributed by atoms with Crippen molar-refractivity contribution in [3.63, 3.8) is 0 Å². The highest BCUT2D eigenvalue weighted by Gasteiger charge is 2.40. The van der Waals surface area contributed by atoms with Crippen molar-refractivity contribution >= 4 is 29.0 Å². The van der Waals surface area contributed by atoms with Crippen LogP contribution in [0.25, 0.3) is 5.69 Å². The van der Waals surface area contributed by atoms with Gasteiger partial charge in [0.2, 0.25) is 0 Å². The molecule has 7 nitrogen and oxygen atoms in total. The summed E-state index contributed by atoms with van der Waals surface area (Å²) in [5, 5.41) is 6.52. The Balaban J connectivity index is 1.56. The normalized spacial score (nSPS) is 15.1. The van der Waals surface area contributed by atoms with Gasteiger partial charge in [-0.25, -0.2) is 9.67 Å². The number of pyridine rings is 1. The van der Waals surface area contributed by atoms with Gasteiger partial charge < -0.3 is 15.1 Å². The molecule has 4 rings (SSSR count). The Hall–Kier alpha value is -3.11. The Morgan fingerprint density at radius 3 is 2.47 bits per heavy atom. The van der Waals surface area contributed by atoms with Crippen molar-refractivity contribution < 1.29 is 18.0 Å². The minimum Gasteiger partial charge on any atom is -0.354 e. The van der Waals surface area contributed by atoms with Crippen molar-refractivity contribution in [2.24, 2.45) is 0 Å². The predicted octanol–water partition coefficient (Wildman–Crippen LogP) is 3.94. The summed E-state index contributed by atoms with van der Waals surface area (Å²) >= 11 is 5.90. The van der Waals surface area contributed by atoms with Crippen LogP contribution in [0.4, 0.5) is 24.7 Å². The Bertz CT molecular complexity index is 1110. The van der Waals surface area contributed by atoms with E-state index in [1.165, 1.54) is 30.5 Å². The third-order valence-corrected chi connectivity index (χ3v) is 5.40. The second-order valence-corrected chi connectivity index (χ2v) is 7.88. The lowest BCUT2D eigenvalue weighted by molar-refractivity contribution is -0.143. The van der Waals surface area contributed by atoms with Crippen LogP contribution in [-0.2, 0) is 6.18 Å². The lowest BCUT2D eigenvalue weighted by Gasteiger charge is -2.33. The highest BCUT2D eigenvalue weighted by Crippen LogP contribution is 2.34. The molecule has 0 spiro atoms. The van der Waals surface area contributed by atoms with Gasteiger partial charge in [-0.2, -0.15) is 18.3 Å². The van der Waals surface area contributed by atoms with Gasteiger partial charge in [-0.05, 0) is 37.4 Å². The number of amides is 1. The first-order valence-corrected chi connectivity index (χ1v) is 10.2. The highest BCUT2D eigenvalue weighted by atomic mass is 35.5. The molecule has 3 aromatic rings. The van der Waals surface area contributed by atoms with E-state index in [1.54, 1.807) is 12.1 Å². The summed E-state index contributed by atoms with van der Waals surface area (Å²) in [6, 6.07) is 9.17. The summed E-state index contributed by atoms with van der Waals surface area (Å²) in [4.78, 5) is 21.4. The number of alkyl halides is 3. The van der Waals surface area contributed by atoms with Crippen LogP contribution in [0.3, 0.4) is 0 Å². The molecule has 1 fully saturated rings. The van der Waals surface area contributed by atoms with Crippen molar-refractivity contribution in [3.05, 3.63) is 65.1 Å². The van der Waals surface area contributed by atoms with Crippen molar-refractivity contribution in [1.29, 1.82) is 0 Å². The van der Waals surface area contributed by atoms with E-state index in [1.807, 2.05) is 7.05 Å². The zero-order valence-electron chi connectivity index (χ0n) is 17.1. The maximum absolute atomic E-state index is 13.8. The number of hydrogen-bond donors (Lipinski definition) is 1. The monoisotopic (exact) mass is 464 g/mol. The van der Waals surface area contributed by atoms with E-state index < -0.39 is 23.3 Å². The van der Waals surface area contributed by atoms with Crippen LogP contribution in [0.2, 0.25) is 5.02 Å². The van der Waals surface area contributed by atoms with Gasteiger partial charge >= 0.3 is 6.18 Å². The minimum atomic E-state index is -4.81. The number of carbonyl (C=O) groups is 1. The fourth-order valence-corrected chi connectivity index (χ4v) is 3.66. The molecule has 1 aliphatic heterocycles. The second kappa shape index (κ2) is 8.79.